The molecule has 0 atom stereocenters. The average Bonchev–Trinajstić information content (AvgIpc) is 2.46. The van der Waals surface area contributed by atoms with Gasteiger partial charge in [0, 0.05) is 19.6 Å². The Kier molecular flexibility index (Phi) is 5.13. The summed E-state index contributed by atoms with van der Waals surface area (Å²) in [7, 11) is 0. The van der Waals surface area contributed by atoms with E-state index >= 15 is 0 Å². The summed E-state index contributed by atoms with van der Waals surface area (Å²) >= 11 is 0. The first-order chi connectivity index (χ1) is 9.29. The molecular weight excluding hydrogens is 245 g/mol. The average molecular weight is 263 g/mol. The first-order valence-corrected chi connectivity index (χ1v) is 6.53. The highest BCUT2D eigenvalue weighted by Crippen LogP contribution is 2.15. The zero-order chi connectivity index (χ0) is 13.5. The van der Waals surface area contributed by atoms with Crippen molar-refractivity contribution in [1.82, 2.24) is 4.90 Å². The quantitative estimate of drug-likeness (QED) is 0.823. The van der Waals surface area contributed by atoms with Crippen LogP contribution in [0.3, 0.4) is 0 Å². The number of nitrogens with zero attached hydrogens (tertiary/aromatic N) is 2. The van der Waals surface area contributed by atoms with E-state index < -0.39 is 0 Å². The lowest BCUT2D eigenvalue weighted by Gasteiger charge is -2.26. The minimum absolute atomic E-state index is 0.353. The topological polar surface area (TPSA) is 48.3 Å². The Labute approximate surface area is 112 Å². The molecule has 1 heterocycles. The standard InChI is InChI=1S/C14H18FN3O/c15-13-2-3-14(12(10-13)11-16)17-4-1-5-18-6-8-19-9-7-18/h2-3,10,17H,1,4-9H2. The lowest BCUT2D eigenvalue weighted by molar-refractivity contribution is 0.0378. The van der Waals surface area contributed by atoms with Crippen LogP contribution in [-0.2, 0) is 4.74 Å². The van der Waals surface area contributed by atoms with Gasteiger partial charge in [0.05, 0.1) is 24.5 Å². The molecule has 2 rings (SSSR count). The SMILES string of the molecule is N#Cc1cc(F)ccc1NCCCN1CCOCC1. The highest BCUT2D eigenvalue weighted by Gasteiger charge is 2.09. The van der Waals surface area contributed by atoms with E-state index in [1.807, 2.05) is 6.07 Å². The van der Waals surface area contributed by atoms with Crippen LogP contribution in [0.5, 0.6) is 0 Å². The fourth-order valence-electron chi connectivity index (χ4n) is 2.11. The van der Waals surface area contributed by atoms with E-state index in [2.05, 4.69) is 10.2 Å². The molecule has 0 aromatic heterocycles. The zero-order valence-corrected chi connectivity index (χ0v) is 10.9. The third kappa shape index (κ3) is 4.19. The van der Waals surface area contributed by atoms with Crippen molar-refractivity contribution in [2.24, 2.45) is 0 Å². The van der Waals surface area contributed by atoms with Gasteiger partial charge in [-0.25, -0.2) is 4.39 Å². The smallest absolute Gasteiger partial charge is 0.124 e. The Balaban J connectivity index is 1.75. The minimum Gasteiger partial charge on any atom is -0.384 e. The van der Waals surface area contributed by atoms with Gasteiger partial charge in [-0.15, -0.1) is 0 Å². The van der Waals surface area contributed by atoms with Crippen LogP contribution in [0.4, 0.5) is 10.1 Å². The van der Waals surface area contributed by atoms with Gasteiger partial charge < -0.3 is 10.1 Å². The van der Waals surface area contributed by atoms with Crippen LogP contribution in [0.25, 0.3) is 0 Å². The Morgan fingerprint density at radius 2 is 2.16 bits per heavy atom. The molecule has 19 heavy (non-hydrogen) atoms. The second-order valence-corrected chi connectivity index (χ2v) is 4.54. The highest BCUT2D eigenvalue weighted by atomic mass is 19.1. The lowest BCUT2D eigenvalue weighted by Crippen LogP contribution is -2.37. The number of hydrogen-bond acceptors (Lipinski definition) is 4. The van der Waals surface area contributed by atoms with Crippen molar-refractivity contribution in [3.05, 3.63) is 29.6 Å². The molecule has 0 radical (unpaired) electrons. The van der Waals surface area contributed by atoms with Crippen molar-refractivity contribution in [3.8, 4) is 6.07 Å². The summed E-state index contributed by atoms with van der Waals surface area (Å²) < 4.78 is 18.3. The third-order valence-electron chi connectivity index (χ3n) is 3.17. The predicted octanol–water partition coefficient (Wildman–Crippen LogP) is 1.83. The molecule has 0 spiro atoms. The van der Waals surface area contributed by atoms with Crippen LogP contribution in [0, 0.1) is 17.1 Å². The number of nitrogens with one attached hydrogen (secondary N) is 1. The van der Waals surface area contributed by atoms with Gasteiger partial charge in [-0.2, -0.15) is 5.26 Å². The number of ether oxygens (including phenoxy) is 1. The van der Waals surface area contributed by atoms with Crippen LogP contribution < -0.4 is 5.32 Å². The summed E-state index contributed by atoms with van der Waals surface area (Å²) in [6.07, 6.45) is 0.988. The molecule has 0 aliphatic carbocycles. The van der Waals surface area contributed by atoms with Crippen molar-refractivity contribution >= 4 is 5.69 Å². The predicted molar refractivity (Wildman–Crippen MR) is 71.5 cm³/mol. The number of hydrogen-bond donors (Lipinski definition) is 1. The maximum absolute atomic E-state index is 13.0. The van der Waals surface area contributed by atoms with Gasteiger partial charge in [-0.05, 0) is 31.2 Å². The van der Waals surface area contributed by atoms with Crippen molar-refractivity contribution in [1.29, 1.82) is 5.26 Å². The summed E-state index contributed by atoms with van der Waals surface area (Å²) in [6, 6.07) is 6.23. The fraction of sp³-hybridized carbons (Fsp3) is 0.500. The first-order valence-electron chi connectivity index (χ1n) is 6.53. The summed E-state index contributed by atoms with van der Waals surface area (Å²) in [4.78, 5) is 2.36. The number of morpholine rings is 1. The molecule has 0 saturated carbocycles. The number of nitriles is 1. The van der Waals surface area contributed by atoms with E-state index in [9.17, 15) is 4.39 Å². The largest absolute Gasteiger partial charge is 0.384 e. The molecule has 1 aromatic rings. The summed E-state index contributed by atoms with van der Waals surface area (Å²) in [5, 5.41) is 12.1. The lowest BCUT2D eigenvalue weighted by atomic mass is 10.2. The van der Waals surface area contributed by atoms with Gasteiger partial charge in [-0.1, -0.05) is 0 Å². The van der Waals surface area contributed by atoms with Gasteiger partial charge in [0.15, 0.2) is 0 Å². The van der Waals surface area contributed by atoms with Crippen LogP contribution in [0.1, 0.15) is 12.0 Å². The van der Waals surface area contributed by atoms with Gasteiger partial charge in [0.25, 0.3) is 0 Å². The minimum atomic E-state index is -0.379. The van der Waals surface area contributed by atoms with E-state index in [1.54, 1.807) is 6.07 Å². The number of anilines is 1. The molecule has 4 nitrogen and oxygen atoms in total. The first kappa shape index (κ1) is 13.8. The van der Waals surface area contributed by atoms with Crippen LogP contribution in [0.15, 0.2) is 18.2 Å². The molecule has 1 aromatic carbocycles. The van der Waals surface area contributed by atoms with Crippen molar-refractivity contribution in [3.63, 3.8) is 0 Å². The number of halogens is 1. The molecule has 1 N–H and O–H groups in total. The molecule has 0 amide bonds. The summed E-state index contributed by atoms with van der Waals surface area (Å²) in [5.41, 5.74) is 1.05. The van der Waals surface area contributed by atoms with Gasteiger partial charge in [0.1, 0.15) is 11.9 Å². The molecule has 102 valence electrons. The van der Waals surface area contributed by atoms with Crippen molar-refractivity contribution in [2.75, 3.05) is 44.7 Å². The number of benzene rings is 1. The Morgan fingerprint density at radius 1 is 1.37 bits per heavy atom. The molecule has 0 bridgehead atoms. The Hall–Kier alpha value is -1.64. The summed E-state index contributed by atoms with van der Waals surface area (Å²) in [6.45, 7) is 5.38. The Bertz CT molecular complexity index is 452. The Morgan fingerprint density at radius 3 is 2.89 bits per heavy atom. The maximum atomic E-state index is 13.0. The van der Waals surface area contributed by atoms with Gasteiger partial charge in [-0.3, -0.25) is 4.90 Å². The van der Waals surface area contributed by atoms with Gasteiger partial charge in [0.2, 0.25) is 0 Å². The second kappa shape index (κ2) is 7.07. The van der Waals surface area contributed by atoms with Crippen LogP contribution in [0.2, 0.25) is 0 Å². The molecule has 0 unspecified atom stereocenters. The van der Waals surface area contributed by atoms with Crippen molar-refractivity contribution in [2.45, 2.75) is 6.42 Å². The van der Waals surface area contributed by atoms with Crippen molar-refractivity contribution < 1.29 is 9.13 Å². The van der Waals surface area contributed by atoms with E-state index in [-0.39, 0.29) is 5.82 Å². The highest BCUT2D eigenvalue weighted by molar-refractivity contribution is 5.57. The molecule has 1 aliphatic rings. The third-order valence-corrected chi connectivity index (χ3v) is 3.17. The number of rotatable bonds is 5. The van der Waals surface area contributed by atoms with Crippen LogP contribution >= 0.6 is 0 Å². The molecular formula is C14H18FN3O. The normalized spacial score (nSPS) is 16.0. The van der Waals surface area contributed by atoms with E-state index in [1.165, 1.54) is 12.1 Å². The van der Waals surface area contributed by atoms with Gasteiger partial charge >= 0.3 is 0 Å². The van der Waals surface area contributed by atoms with Crippen LogP contribution in [-0.4, -0.2) is 44.3 Å². The molecule has 5 heteroatoms. The molecule has 1 fully saturated rings. The van der Waals surface area contributed by atoms with E-state index in [4.69, 9.17) is 10.00 Å². The second-order valence-electron chi connectivity index (χ2n) is 4.54. The van der Waals surface area contributed by atoms with E-state index in [0.29, 0.717) is 11.3 Å². The van der Waals surface area contributed by atoms with E-state index in [0.717, 1.165) is 45.8 Å². The monoisotopic (exact) mass is 263 g/mol. The molecule has 1 saturated heterocycles. The fourth-order valence-corrected chi connectivity index (χ4v) is 2.11. The zero-order valence-electron chi connectivity index (χ0n) is 10.9. The maximum Gasteiger partial charge on any atom is 0.124 e. The summed E-state index contributed by atoms with van der Waals surface area (Å²) in [5.74, 6) is -0.379. The molecule has 1 aliphatic heterocycles.